The van der Waals surface area contributed by atoms with Gasteiger partial charge in [0.1, 0.15) is 0 Å². The van der Waals surface area contributed by atoms with Crippen molar-refractivity contribution in [3.05, 3.63) is 0 Å². The van der Waals surface area contributed by atoms with E-state index in [-0.39, 0.29) is 0 Å². The lowest BCUT2D eigenvalue weighted by atomic mass is 11.7. The van der Waals surface area contributed by atoms with Crippen LogP contribution in [0.4, 0.5) is 0 Å². The molecule has 1 aliphatic rings. The molecule has 3 nitrogen and oxygen atoms in total. The normalized spacial score (nSPS) is 46.8. The van der Waals surface area contributed by atoms with Gasteiger partial charge in [0.2, 0.25) is 0 Å². The molecule has 0 spiro atoms. The van der Waals surface area contributed by atoms with Crippen LogP contribution in [0, 0.1) is 0 Å². The standard InChI is InChI=1S/C9H24O3Si3/c1-10-13(4)7-14(5,11-2)9-15(6,8-13)12-3/h7-9H2,1-6H3. The summed E-state index contributed by atoms with van der Waals surface area (Å²) in [5.41, 5.74) is 3.66. The van der Waals surface area contributed by atoms with Crippen LogP contribution in [-0.4, -0.2) is 46.3 Å². The zero-order chi connectivity index (χ0) is 11.7. The van der Waals surface area contributed by atoms with Gasteiger partial charge in [0.15, 0.2) is 25.0 Å². The van der Waals surface area contributed by atoms with Crippen LogP contribution in [0.15, 0.2) is 0 Å². The van der Waals surface area contributed by atoms with Crippen LogP contribution in [0.1, 0.15) is 0 Å². The molecule has 6 heteroatoms. The maximum absolute atomic E-state index is 5.82. The summed E-state index contributed by atoms with van der Waals surface area (Å²) in [5.74, 6) is 0. The smallest absolute Gasteiger partial charge is 0.188 e. The third-order valence-corrected chi connectivity index (χ3v) is 24.6. The lowest BCUT2D eigenvalue weighted by Gasteiger charge is -2.46. The molecule has 90 valence electrons. The Morgan fingerprint density at radius 2 is 0.800 bits per heavy atom. The van der Waals surface area contributed by atoms with Crippen LogP contribution in [0.25, 0.3) is 0 Å². The maximum Gasteiger partial charge on any atom is 0.188 e. The molecule has 0 amide bonds. The largest absolute Gasteiger partial charge is 0.421 e. The molecule has 0 aromatic rings. The average Bonchev–Trinajstić information content (AvgIpc) is 2.16. The van der Waals surface area contributed by atoms with E-state index in [9.17, 15) is 0 Å². The molecule has 0 atom stereocenters. The van der Waals surface area contributed by atoms with Crippen molar-refractivity contribution < 1.29 is 13.3 Å². The van der Waals surface area contributed by atoms with Gasteiger partial charge in [-0.25, -0.2) is 0 Å². The average molecular weight is 265 g/mol. The lowest BCUT2D eigenvalue weighted by Crippen LogP contribution is -2.61. The molecule has 1 rings (SSSR count). The van der Waals surface area contributed by atoms with Crippen LogP contribution in [-0.2, 0) is 13.3 Å². The highest BCUT2D eigenvalue weighted by Gasteiger charge is 2.54. The molecule has 15 heavy (non-hydrogen) atoms. The monoisotopic (exact) mass is 264 g/mol. The van der Waals surface area contributed by atoms with Gasteiger partial charge in [-0.1, -0.05) is 0 Å². The van der Waals surface area contributed by atoms with E-state index in [2.05, 4.69) is 19.6 Å². The Balaban J connectivity index is 2.92. The Hall–Kier alpha value is 0.531. The van der Waals surface area contributed by atoms with Gasteiger partial charge >= 0.3 is 0 Å². The Morgan fingerprint density at radius 1 is 0.600 bits per heavy atom. The fourth-order valence-electron chi connectivity index (χ4n) is 2.99. The van der Waals surface area contributed by atoms with Gasteiger partial charge in [-0.3, -0.25) is 0 Å². The van der Waals surface area contributed by atoms with Gasteiger partial charge in [0.05, 0.1) is 0 Å². The van der Waals surface area contributed by atoms with E-state index < -0.39 is 25.0 Å². The molecule has 0 unspecified atom stereocenters. The maximum atomic E-state index is 5.82. The van der Waals surface area contributed by atoms with Gasteiger partial charge in [0, 0.05) is 21.3 Å². The molecule has 0 N–H and O–H groups in total. The highest BCUT2D eigenvalue weighted by Crippen LogP contribution is 2.40. The minimum atomic E-state index is -1.55. The van der Waals surface area contributed by atoms with E-state index in [1.54, 1.807) is 0 Å². The highest BCUT2D eigenvalue weighted by atomic mass is 28.5. The first-order chi connectivity index (χ1) is 6.80. The van der Waals surface area contributed by atoms with Gasteiger partial charge in [-0.05, 0) is 36.6 Å². The molecule has 1 aliphatic heterocycles. The molecule has 0 radical (unpaired) electrons. The van der Waals surface area contributed by atoms with E-state index in [1.165, 1.54) is 17.0 Å². The molecule has 0 aromatic heterocycles. The van der Waals surface area contributed by atoms with E-state index in [1.807, 2.05) is 21.3 Å². The molecule has 1 saturated heterocycles. The van der Waals surface area contributed by atoms with Crippen molar-refractivity contribution in [2.75, 3.05) is 21.3 Å². The van der Waals surface area contributed by atoms with Gasteiger partial charge in [-0.15, -0.1) is 0 Å². The lowest BCUT2D eigenvalue weighted by molar-refractivity contribution is 0.361. The molecule has 1 heterocycles. The summed E-state index contributed by atoms with van der Waals surface area (Å²) >= 11 is 0. The van der Waals surface area contributed by atoms with Crippen molar-refractivity contribution in [3.8, 4) is 0 Å². The summed E-state index contributed by atoms with van der Waals surface area (Å²) in [4.78, 5) is 0. The van der Waals surface area contributed by atoms with Crippen LogP contribution in [0.3, 0.4) is 0 Å². The van der Waals surface area contributed by atoms with E-state index in [0.717, 1.165) is 0 Å². The third kappa shape index (κ3) is 3.01. The van der Waals surface area contributed by atoms with Crippen molar-refractivity contribution in [3.63, 3.8) is 0 Å². The van der Waals surface area contributed by atoms with E-state index in [0.29, 0.717) is 0 Å². The second kappa shape index (κ2) is 4.42. The van der Waals surface area contributed by atoms with E-state index >= 15 is 0 Å². The molecule has 0 aliphatic carbocycles. The quantitative estimate of drug-likeness (QED) is 0.732. The second-order valence-corrected chi connectivity index (χ2v) is 19.7. The number of hydrogen-bond donors (Lipinski definition) is 0. The Morgan fingerprint density at radius 3 is 0.933 bits per heavy atom. The van der Waals surface area contributed by atoms with Crippen LogP contribution in [0.5, 0.6) is 0 Å². The topological polar surface area (TPSA) is 27.7 Å². The van der Waals surface area contributed by atoms with Crippen LogP contribution < -0.4 is 0 Å². The fraction of sp³-hybridized carbons (Fsp3) is 1.00. The molecule has 0 bridgehead atoms. The first kappa shape index (κ1) is 13.6. The predicted molar refractivity (Wildman–Crippen MR) is 70.3 cm³/mol. The van der Waals surface area contributed by atoms with E-state index in [4.69, 9.17) is 13.3 Å². The molecule has 0 saturated carbocycles. The second-order valence-electron chi connectivity index (χ2n) is 5.49. The predicted octanol–water partition coefficient (Wildman–Crippen LogP) is 2.28. The van der Waals surface area contributed by atoms with Crippen molar-refractivity contribution in [2.45, 2.75) is 36.6 Å². The van der Waals surface area contributed by atoms with Crippen LogP contribution in [0.2, 0.25) is 36.6 Å². The van der Waals surface area contributed by atoms with Crippen molar-refractivity contribution >= 4 is 25.0 Å². The van der Waals surface area contributed by atoms with Gasteiger partial charge in [0.25, 0.3) is 0 Å². The summed E-state index contributed by atoms with van der Waals surface area (Å²) in [6.07, 6.45) is 0. The van der Waals surface area contributed by atoms with Crippen molar-refractivity contribution in [1.82, 2.24) is 0 Å². The summed E-state index contributed by atoms with van der Waals surface area (Å²) in [5, 5.41) is 0. The zero-order valence-corrected chi connectivity index (χ0v) is 13.8. The first-order valence-electron chi connectivity index (χ1n) is 5.46. The summed E-state index contributed by atoms with van der Waals surface area (Å²) in [6, 6.07) is 0. The summed E-state index contributed by atoms with van der Waals surface area (Å²) in [6.45, 7) is 7.00. The SMILES string of the molecule is CO[Si]1(C)C[Si](C)(OC)C[Si](C)(OC)C1. The minimum Gasteiger partial charge on any atom is -0.421 e. The first-order valence-corrected chi connectivity index (χ1v) is 13.9. The molecule has 1 fully saturated rings. The molecule has 0 aromatic carbocycles. The van der Waals surface area contributed by atoms with Gasteiger partial charge < -0.3 is 13.3 Å². The Bertz CT molecular complexity index is 191. The minimum absolute atomic E-state index is 1.22. The van der Waals surface area contributed by atoms with Crippen molar-refractivity contribution in [1.29, 1.82) is 0 Å². The van der Waals surface area contributed by atoms with Gasteiger partial charge in [-0.2, -0.15) is 0 Å². The highest BCUT2D eigenvalue weighted by molar-refractivity contribution is 7.08. The number of hydrogen-bond acceptors (Lipinski definition) is 3. The summed E-state index contributed by atoms with van der Waals surface area (Å²) < 4.78 is 17.5. The zero-order valence-electron chi connectivity index (χ0n) is 10.8. The Labute approximate surface area is 96.5 Å². The molecular weight excluding hydrogens is 240 g/mol. The number of rotatable bonds is 3. The summed E-state index contributed by atoms with van der Waals surface area (Å²) in [7, 11) is 0.953. The third-order valence-electron chi connectivity index (χ3n) is 3.72. The van der Waals surface area contributed by atoms with Crippen LogP contribution >= 0.6 is 0 Å². The Kier molecular flexibility index (Phi) is 4.01. The fourth-order valence-corrected chi connectivity index (χ4v) is 30.3. The van der Waals surface area contributed by atoms with Crippen molar-refractivity contribution in [2.24, 2.45) is 0 Å². The molecular formula is C9H24O3Si3.